The first-order valence-corrected chi connectivity index (χ1v) is 16.4. The minimum Gasteiger partial charge on any atom is -0.367 e. The molecule has 1 aromatic carbocycles. The lowest BCUT2D eigenvalue weighted by molar-refractivity contribution is -0.126. The average molecular weight is 640 g/mol. The second-order valence-corrected chi connectivity index (χ2v) is 13.3. The zero-order valence-corrected chi connectivity index (χ0v) is 26.8. The number of alkyl halides is 3. The first-order chi connectivity index (χ1) is 21.6. The number of hydrogen-bond acceptors (Lipinski definition) is 9. The summed E-state index contributed by atoms with van der Waals surface area (Å²) < 4.78 is 41.3. The molecule has 2 fully saturated rings. The van der Waals surface area contributed by atoms with Gasteiger partial charge in [0.05, 0.1) is 11.8 Å². The second-order valence-electron chi connectivity index (χ2n) is 12.2. The van der Waals surface area contributed by atoms with E-state index in [-0.39, 0.29) is 10.9 Å². The summed E-state index contributed by atoms with van der Waals surface area (Å²) in [6.07, 6.45) is -3.46. The van der Waals surface area contributed by atoms with Gasteiger partial charge in [-0.2, -0.15) is 23.4 Å². The van der Waals surface area contributed by atoms with Crippen LogP contribution in [0.2, 0.25) is 0 Å². The molecule has 0 aliphatic carbocycles. The number of piperidine rings is 1. The molecule has 1 atom stereocenters. The summed E-state index contributed by atoms with van der Waals surface area (Å²) in [5, 5.41) is 21.6. The summed E-state index contributed by atoms with van der Waals surface area (Å²) in [4.78, 5) is 14.7. The van der Waals surface area contributed by atoms with Crippen LogP contribution in [0.4, 0.5) is 24.9 Å². The van der Waals surface area contributed by atoms with Crippen LogP contribution in [0.15, 0.2) is 24.3 Å². The number of nitrogens with zero attached hydrogens (tertiary/aromatic N) is 6. The number of halogens is 3. The van der Waals surface area contributed by atoms with Crippen LogP contribution in [0.25, 0.3) is 21.1 Å². The third kappa shape index (κ3) is 7.04. The van der Waals surface area contributed by atoms with Crippen LogP contribution in [0, 0.1) is 18.3 Å². The number of nitriles is 1. The molecule has 2 saturated heterocycles. The van der Waals surface area contributed by atoms with Gasteiger partial charge >= 0.3 is 6.18 Å². The predicted molar refractivity (Wildman–Crippen MR) is 174 cm³/mol. The quantitative estimate of drug-likeness (QED) is 0.226. The van der Waals surface area contributed by atoms with E-state index in [1.807, 2.05) is 6.07 Å². The van der Waals surface area contributed by atoms with Crippen molar-refractivity contribution < 1.29 is 13.2 Å². The number of fused-ring (bicyclic) bond motifs is 2. The summed E-state index contributed by atoms with van der Waals surface area (Å²) in [5.74, 6) is 0.971. The van der Waals surface area contributed by atoms with Gasteiger partial charge in [0.1, 0.15) is 22.4 Å². The number of rotatable bonds is 9. The van der Waals surface area contributed by atoms with E-state index in [2.05, 4.69) is 72.3 Å². The molecular formula is C32H40F3N9S. The van der Waals surface area contributed by atoms with Gasteiger partial charge in [0, 0.05) is 87.3 Å². The van der Waals surface area contributed by atoms with Crippen molar-refractivity contribution in [3.05, 3.63) is 46.0 Å². The number of likely N-dealkylation sites (tertiary alicyclic amines) is 1. The summed E-state index contributed by atoms with van der Waals surface area (Å²) in [6.45, 7) is 11.8. The van der Waals surface area contributed by atoms with Gasteiger partial charge in [0.15, 0.2) is 0 Å². The largest absolute Gasteiger partial charge is 0.393 e. The molecule has 5 heterocycles. The van der Waals surface area contributed by atoms with Crippen LogP contribution in [0.1, 0.15) is 41.5 Å². The Morgan fingerprint density at radius 2 is 1.87 bits per heavy atom. The number of piperazine rings is 1. The fourth-order valence-electron chi connectivity index (χ4n) is 6.63. The van der Waals surface area contributed by atoms with E-state index in [4.69, 9.17) is 0 Å². The summed E-state index contributed by atoms with van der Waals surface area (Å²) in [5.41, 5.74) is 4.29. The maximum Gasteiger partial charge on any atom is 0.393 e. The summed E-state index contributed by atoms with van der Waals surface area (Å²) in [6, 6.07) is 10.9. The third-order valence-corrected chi connectivity index (χ3v) is 10.2. The fraction of sp³-hybridized carbons (Fsp3) is 0.531. The molecule has 6 rings (SSSR count). The van der Waals surface area contributed by atoms with Crippen molar-refractivity contribution in [2.75, 3.05) is 56.9 Å². The normalized spacial score (nSPS) is 18.0. The van der Waals surface area contributed by atoms with Crippen LogP contribution in [-0.2, 0) is 19.5 Å². The first kappa shape index (κ1) is 31.5. The molecule has 0 bridgehead atoms. The highest BCUT2D eigenvalue weighted by atomic mass is 32.1. The van der Waals surface area contributed by atoms with Crippen molar-refractivity contribution >= 4 is 44.2 Å². The number of thiophene rings is 1. The van der Waals surface area contributed by atoms with Crippen molar-refractivity contribution in [3.8, 4) is 6.07 Å². The highest BCUT2D eigenvalue weighted by molar-refractivity contribution is 7.18. The molecule has 0 spiro atoms. The van der Waals surface area contributed by atoms with Crippen LogP contribution in [0.3, 0.4) is 0 Å². The molecule has 3 N–H and O–H groups in total. The standard InChI is InChI=1S/C32H40F3N9S/c1-20(43-12-8-38-9-13-43)18-44-24(17-36)14-26-21(2)22(4-5-28(26)44)19-42-10-6-23(7-11-42)39-29-27-15-25(16-32(33,34)35)45-30(27)41-31(37-3)40-29/h4-5,14-15,20,23,38H,6-13,16,18-19H2,1-3H3,(H2,37,39,40,41)/t20-/m1/s1. The van der Waals surface area contributed by atoms with Crippen LogP contribution in [-0.4, -0.2) is 88.9 Å². The van der Waals surface area contributed by atoms with Gasteiger partial charge in [0.25, 0.3) is 0 Å². The second kappa shape index (κ2) is 13.1. The van der Waals surface area contributed by atoms with E-state index in [0.29, 0.717) is 33.7 Å². The number of hydrogen-bond donors (Lipinski definition) is 3. The first-order valence-electron chi connectivity index (χ1n) is 15.6. The van der Waals surface area contributed by atoms with Gasteiger partial charge in [-0.05, 0) is 56.0 Å². The minimum atomic E-state index is -4.27. The van der Waals surface area contributed by atoms with Gasteiger partial charge in [-0.25, -0.2) is 4.98 Å². The van der Waals surface area contributed by atoms with Crippen molar-refractivity contribution in [2.45, 2.75) is 64.5 Å². The van der Waals surface area contributed by atoms with Crippen molar-refractivity contribution in [3.63, 3.8) is 0 Å². The Hall–Kier alpha value is -3.44. The van der Waals surface area contributed by atoms with E-state index in [1.165, 1.54) is 11.1 Å². The van der Waals surface area contributed by atoms with Crippen molar-refractivity contribution in [2.24, 2.45) is 0 Å². The maximum absolute atomic E-state index is 13.0. The Balaban J connectivity index is 1.12. The molecule has 0 radical (unpaired) electrons. The smallest absolute Gasteiger partial charge is 0.367 e. The molecule has 3 aromatic heterocycles. The lowest BCUT2D eigenvalue weighted by Gasteiger charge is -2.33. The van der Waals surface area contributed by atoms with Crippen LogP contribution in [0.5, 0.6) is 0 Å². The molecule has 2 aliphatic heterocycles. The van der Waals surface area contributed by atoms with Gasteiger partial charge in [-0.1, -0.05) is 6.07 Å². The number of benzene rings is 1. The molecule has 240 valence electrons. The SMILES string of the molecule is CNc1nc(NC2CCN(Cc3ccc4c(cc(C#N)n4C[C@@H](C)N4CCNCC4)c3C)CC2)c2cc(CC(F)(F)F)sc2n1. The Bertz CT molecular complexity index is 1690. The summed E-state index contributed by atoms with van der Waals surface area (Å²) >= 11 is 1.06. The van der Waals surface area contributed by atoms with Crippen LogP contribution < -0.4 is 16.0 Å². The molecule has 4 aromatic rings. The molecule has 0 amide bonds. The molecule has 9 nitrogen and oxygen atoms in total. The molecule has 2 aliphatic rings. The van der Waals surface area contributed by atoms with E-state index in [1.54, 1.807) is 13.1 Å². The van der Waals surface area contributed by atoms with E-state index < -0.39 is 12.6 Å². The lowest BCUT2D eigenvalue weighted by atomic mass is 10.0. The molecule has 0 unspecified atom stereocenters. The van der Waals surface area contributed by atoms with E-state index in [9.17, 15) is 18.4 Å². The molecule has 45 heavy (non-hydrogen) atoms. The average Bonchev–Trinajstić information content (AvgIpc) is 3.59. The van der Waals surface area contributed by atoms with Crippen molar-refractivity contribution in [1.82, 2.24) is 29.7 Å². The Kier molecular flexibility index (Phi) is 9.19. The molecule has 13 heteroatoms. The fourth-order valence-corrected chi connectivity index (χ4v) is 7.69. The zero-order valence-electron chi connectivity index (χ0n) is 26.0. The third-order valence-electron chi connectivity index (χ3n) is 9.17. The Labute approximate surface area is 265 Å². The van der Waals surface area contributed by atoms with Gasteiger partial charge < -0.3 is 20.5 Å². The molecule has 0 saturated carbocycles. The number of anilines is 2. The molecular weight excluding hydrogens is 599 g/mol. The topological polar surface area (TPSA) is 97.1 Å². The maximum atomic E-state index is 13.0. The van der Waals surface area contributed by atoms with Crippen LogP contribution >= 0.6 is 11.3 Å². The van der Waals surface area contributed by atoms with Gasteiger partial charge in [-0.15, -0.1) is 11.3 Å². The number of aryl methyl sites for hydroxylation is 1. The Morgan fingerprint density at radius 3 is 2.56 bits per heavy atom. The van der Waals surface area contributed by atoms with Gasteiger partial charge in [0.2, 0.25) is 5.95 Å². The van der Waals surface area contributed by atoms with Crippen molar-refractivity contribution in [1.29, 1.82) is 5.26 Å². The minimum absolute atomic E-state index is 0.156. The monoisotopic (exact) mass is 639 g/mol. The summed E-state index contributed by atoms with van der Waals surface area (Å²) in [7, 11) is 1.71. The lowest BCUT2D eigenvalue weighted by Crippen LogP contribution is -2.48. The highest BCUT2D eigenvalue weighted by Crippen LogP contribution is 2.35. The van der Waals surface area contributed by atoms with Gasteiger partial charge in [-0.3, -0.25) is 9.80 Å². The zero-order chi connectivity index (χ0) is 31.7. The van der Waals surface area contributed by atoms with E-state index in [0.717, 1.165) is 87.4 Å². The highest BCUT2D eigenvalue weighted by Gasteiger charge is 2.30. The Morgan fingerprint density at radius 1 is 1.11 bits per heavy atom. The number of nitrogens with one attached hydrogen (secondary N) is 3. The predicted octanol–water partition coefficient (Wildman–Crippen LogP) is 5.34. The number of aromatic nitrogens is 3. The van der Waals surface area contributed by atoms with E-state index >= 15 is 0 Å².